The Labute approximate surface area is 182 Å². The van der Waals surface area contributed by atoms with Crippen LogP contribution in [0.25, 0.3) is 11.6 Å². The van der Waals surface area contributed by atoms with Crippen molar-refractivity contribution in [1.29, 1.82) is 0 Å². The number of phenolic OH excluding ortho intramolecular Hbond substituents is 1. The van der Waals surface area contributed by atoms with Crippen LogP contribution in [0.2, 0.25) is 0 Å². The molecule has 10 nitrogen and oxygen atoms in total. The SMILES string of the molecule is COc1cc(OC2OC(CO)C(O)C(O)C2O)cc2c1C(=Cc1ccc(O)cc1)C(=O)O2. The Morgan fingerprint density at radius 1 is 1.06 bits per heavy atom. The van der Waals surface area contributed by atoms with Crippen molar-refractivity contribution in [3.8, 4) is 23.0 Å². The predicted octanol–water partition coefficient (Wildman–Crippen LogP) is 0.0391. The van der Waals surface area contributed by atoms with Crippen molar-refractivity contribution in [2.45, 2.75) is 30.7 Å². The molecule has 0 aromatic heterocycles. The van der Waals surface area contributed by atoms with Gasteiger partial charge in [0.05, 0.1) is 24.9 Å². The lowest BCUT2D eigenvalue weighted by Crippen LogP contribution is -2.60. The van der Waals surface area contributed by atoms with E-state index in [4.69, 9.17) is 18.9 Å². The minimum atomic E-state index is -1.60. The number of carbonyl (C=O) groups excluding carboxylic acids is 1. The number of esters is 1. The van der Waals surface area contributed by atoms with Crippen LogP contribution >= 0.6 is 0 Å². The maximum absolute atomic E-state index is 12.5. The number of aromatic hydroxyl groups is 1. The van der Waals surface area contributed by atoms with Crippen molar-refractivity contribution in [2.75, 3.05) is 13.7 Å². The third-order valence-corrected chi connectivity index (χ3v) is 5.26. The Kier molecular flexibility index (Phi) is 6.04. The van der Waals surface area contributed by atoms with Gasteiger partial charge in [-0.3, -0.25) is 0 Å². The van der Waals surface area contributed by atoms with Crippen molar-refractivity contribution < 1.29 is 49.3 Å². The highest BCUT2D eigenvalue weighted by Crippen LogP contribution is 2.45. The van der Waals surface area contributed by atoms with Crippen molar-refractivity contribution in [2.24, 2.45) is 0 Å². The molecular weight excluding hydrogens is 424 g/mol. The zero-order valence-electron chi connectivity index (χ0n) is 16.9. The molecule has 1 fully saturated rings. The van der Waals surface area contributed by atoms with Gasteiger partial charge in [0, 0.05) is 12.1 Å². The fourth-order valence-corrected chi connectivity index (χ4v) is 3.56. The molecule has 0 bridgehead atoms. The smallest absolute Gasteiger partial charge is 0.344 e. The van der Waals surface area contributed by atoms with Crippen LogP contribution in [0.3, 0.4) is 0 Å². The van der Waals surface area contributed by atoms with Gasteiger partial charge in [0.1, 0.15) is 47.4 Å². The first-order valence-electron chi connectivity index (χ1n) is 9.75. The Balaban J connectivity index is 1.65. The molecule has 2 aromatic rings. The lowest BCUT2D eigenvalue weighted by molar-refractivity contribution is -0.277. The maximum atomic E-state index is 12.5. The van der Waals surface area contributed by atoms with Crippen molar-refractivity contribution in [3.63, 3.8) is 0 Å². The second-order valence-corrected chi connectivity index (χ2v) is 7.35. The van der Waals surface area contributed by atoms with Crippen LogP contribution in [0, 0.1) is 0 Å². The molecule has 0 saturated carbocycles. The number of rotatable bonds is 5. The number of aliphatic hydroxyl groups excluding tert-OH is 4. The van der Waals surface area contributed by atoms with Crippen LogP contribution in [-0.2, 0) is 9.53 Å². The first-order chi connectivity index (χ1) is 15.3. The van der Waals surface area contributed by atoms with Crippen molar-refractivity contribution in [1.82, 2.24) is 0 Å². The number of methoxy groups -OCH3 is 1. The summed E-state index contributed by atoms with van der Waals surface area (Å²) in [7, 11) is 1.40. The Bertz CT molecular complexity index is 1030. The Hall–Kier alpha value is -3.15. The van der Waals surface area contributed by atoms with Crippen molar-refractivity contribution >= 4 is 17.6 Å². The second-order valence-electron chi connectivity index (χ2n) is 7.35. The standard InChI is InChI=1S/C22H22O10/c1-29-14-7-12(30-22-20(27)19(26)18(25)16(9-23)32-22)8-15-17(14)13(21(28)31-15)6-10-2-4-11(24)5-3-10/h2-8,16,18-20,22-27H,9H2,1H3. The highest BCUT2D eigenvalue weighted by atomic mass is 16.7. The summed E-state index contributed by atoms with van der Waals surface area (Å²) in [6.07, 6.45) is -5.66. The summed E-state index contributed by atoms with van der Waals surface area (Å²) in [6.45, 7) is -0.596. The van der Waals surface area contributed by atoms with E-state index in [0.717, 1.165) is 0 Å². The van der Waals surface area contributed by atoms with E-state index < -0.39 is 43.3 Å². The van der Waals surface area contributed by atoms with Gasteiger partial charge in [0.25, 0.3) is 0 Å². The molecular formula is C22H22O10. The number of aliphatic hydroxyl groups is 4. The van der Waals surface area contributed by atoms with E-state index in [-0.39, 0.29) is 28.6 Å². The van der Waals surface area contributed by atoms with Crippen LogP contribution < -0.4 is 14.2 Å². The molecule has 5 N–H and O–H groups in total. The van der Waals surface area contributed by atoms with E-state index in [2.05, 4.69) is 0 Å². The third-order valence-electron chi connectivity index (χ3n) is 5.26. The van der Waals surface area contributed by atoms with Gasteiger partial charge >= 0.3 is 5.97 Å². The van der Waals surface area contributed by atoms with E-state index in [0.29, 0.717) is 11.1 Å². The first-order valence-corrected chi connectivity index (χ1v) is 9.75. The van der Waals surface area contributed by atoms with Gasteiger partial charge < -0.3 is 44.5 Å². The largest absolute Gasteiger partial charge is 0.508 e. The molecule has 2 heterocycles. The van der Waals surface area contributed by atoms with E-state index in [1.54, 1.807) is 18.2 Å². The lowest BCUT2D eigenvalue weighted by Gasteiger charge is -2.39. The highest BCUT2D eigenvalue weighted by molar-refractivity contribution is 6.26. The maximum Gasteiger partial charge on any atom is 0.344 e. The normalized spacial score (nSPS) is 28.3. The molecule has 4 rings (SSSR count). The van der Waals surface area contributed by atoms with E-state index in [1.807, 2.05) is 0 Å². The molecule has 5 atom stereocenters. The molecule has 10 heteroatoms. The summed E-state index contributed by atoms with van der Waals surface area (Å²) in [4.78, 5) is 12.5. The molecule has 0 radical (unpaired) electrons. The Morgan fingerprint density at radius 3 is 2.44 bits per heavy atom. The van der Waals surface area contributed by atoms with Crippen LogP contribution in [0.1, 0.15) is 11.1 Å². The number of benzene rings is 2. The van der Waals surface area contributed by atoms with Crippen LogP contribution in [0.4, 0.5) is 0 Å². The molecule has 0 aliphatic carbocycles. The second kappa shape index (κ2) is 8.77. The summed E-state index contributed by atoms with van der Waals surface area (Å²) in [6, 6.07) is 9.10. The summed E-state index contributed by atoms with van der Waals surface area (Å²) in [5.74, 6) is -0.0222. The van der Waals surface area contributed by atoms with Gasteiger partial charge in [-0.05, 0) is 23.8 Å². The number of phenols is 1. The van der Waals surface area contributed by atoms with Gasteiger partial charge in [0.2, 0.25) is 6.29 Å². The number of fused-ring (bicyclic) bond motifs is 1. The molecule has 2 aliphatic rings. The zero-order valence-corrected chi connectivity index (χ0v) is 16.9. The average molecular weight is 446 g/mol. The van der Waals surface area contributed by atoms with Gasteiger partial charge in [0.15, 0.2) is 0 Å². The molecule has 32 heavy (non-hydrogen) atoms. The molecule has 0 spiro atoms. The number of ether oxygens (including phenoxy) is 4. The van der Waals surface area contributed by atoms with Crippen LogP contribution in [-0.4, -0.2) is 75.9 Å². The van der Waals surface area contributed by atoms with E-state index >= 15 is 0 Å². The quantitative estimate of drug-likeness (QED) is 0.241. The van der Waals surface area contributed by atoms with Gasteiger partial charge in [-0.2, -0.15) is 0 Å². The number of hydrogen-bond donors (Lipinski definition) is 5. The summed E-state index contributed by atoms with van der Waals surface area (Å²) in [5, 5.41) is 48.8. The van der Waals surface area contributed by atoms with Gasteiger partial charge in [-0.1, -0.05) is 12.1 Å². The molecule has 0 amide bonds. The van der Waals surface area contributed by atoms with E-state index in [1.165, 1.54) is 31.4 Å². The predicted molar refractivity (Wildman–Crippen MR) is 109 cm³/mol. The average Bonchev–Trinajstić information content (AvgIpc) is 3.09. The molecule has 1 saturated heterocycles. The minimum absolute atomic E-state index is 0.0918. The highest BCUT2D eigenvalue weighted by Gasteiger charge is 2.45. The minimum Gasteiger partial charge on any atom is -0.508 e. The molecule has 2 aromatic carbocycles. The summed E-state index contributed by atoms with van der Waals surface area (Å²) >= 11 is 0. The lowest BCUT2D eigenvalue weighted by atomic mass is 9.99. The topological polar surface area (TPSA) is 155 Å². The van der Waals surface area contributed by atoms with Gasteiger partial charge in [-0.25, -0.2) is 4.79 Å². The fourth-order valence-electron chi connectivity index (χ4n) is 3.56. The summed E-state index contributed by atoms with van der Waals surface area (Å²) < 4.78 is 21.7. The van der Waals surface area contributed by atoms with E-state index in [9.17, 15) is 30.3 Å². The van der Waals surface area contributed by atoms with Crippen LogP contribution in [0.5, 0.6) is 23.0 Å². The molecule has 2 aliphatic heterocycles. The Morgan fingerprint density at radius 2 is 1.78 bits per heavy atom. The summed E-state index contributed by atoms with van der Waals surface area (Å²) in [5.41, 5.74) is 1.29. The number of hydrogen-bond acceptors (Lipinski definition) is 10. The third kappa shape index (κ3) is 4.01. The fraction of sp³-hybridized carbons (Fsp3) is 0.318. The van der Waals surface area contributed by atoms with Crippen LogP contribution in [0.15, 0.2) is 36.4 Å². The number of carbonyl (C=O) groups is 1. The molecule has 170 valence electrons. The van der Waals surface area contributed by atoms with Gasteiger partial charge in [-0.15, -0.1) is 0 Å². The molecule has 5 unspecified atom stereocenters. The monoisotopic (exact) mass is 446 g/mol. The zero-order chi connectivity index (χ0) is 23.0. The van der Waals surface area contributed by atoms with Crippen molar-refractivity contribution in [3.05, 3.63) is 47.5 Å². The first kappa shape index (κ1) is 22.1.